The van der Waals surface area contributed by atoms with Crippen molar-refractivity contribution in [2.45, 2.75) is 97.4 Å². The van der Waals surface area contributed by atoms with E-state index in [-0.39, 0.29) is 22.5 Å². The van der Waals surface area contributed by atoms with Gasteiger partial charge in [0.15, 0.2) is 11.6 Å². The number of anilines is 6. The zero-order chi connectivity index (χ0) is 39.8. The fourth-order valence-corrected chi connectivity index (χ4v) is 11.0. The number of piperidine rings is 2. The predicted molar refractivity (Wildman–Crippen MR) is 223 cm³/mol. The Morgan fingerprint density at radius 1 is 0.625 bits per heavy atom. The normalized spacial score (nSPS) is 24.0. The SMILES string of the molecule is C[C@@H]1C[C@@H](F)CC12CCN(c1cnc(Sc3ccnc(N)c3Cl)c(N)n1)CC2.C[C@@H]1C[C@H](F)CC12CCN(c1cnc(Sc3ccnc(N)c3Cl)c(N)n1)CC2. The first kappa shape index (κ1) is 40.6. The smallest absolute Gasteiger partial charge is 0.158 e. The van der Waals surface area contributed by atoms with Crippen LogP contribution in [0.4, 0.5) is 43.7 Å². The van der Waals surface area contributed by atoms with E-state index in [9.17, 15) is 8.78 Å². The standard InChI is InChI=1S/2C19H24ClFN6S/c2*1-11-8-12(21)9-19(11)3-6-27(7-4-19)14-10-25-18(17(23)26-14)28-13-2-5-24-16(22)15(13)20/h2*2,5,10-12H,3-4,6-9H2,1H3,(H2,22,24)(H2,23,26)/t11-,12+;11-,12-/m11/s1. The summed E-state index contributed by atoms with van der Waals surface area (Å²) in [4.78, 5) is 31.8. The molecule has 0 amide bonds. The first-order valence-corrected chi connectivity index (χ1v) is 21.3. The molecule has 6 heterocycles. The number of rotatable bonds is 6. The molecule has 2 spiro atoms. The van der Waals surface area contributed by atoms with Crippen LogP contribution >= 0.6 is 46.7 Å². The van der Waals surface area contributed by atoms with Crippen molar-refractivity contribution >= 4 is 81.6 Å². The van der Waals surface area contributed by atoms with Crippen molar-refractivity contribution in [2.75, 3.05) is 58.9 Å². The lowest BCUT2D eigenvalue weighted by Gasteiger charge is -2.42. The van der Waals surface area contributed by atoms with Crippen LogP contribution in [-0.2, 0) is 0 Å². The van der Waals surface area contributed by atoms with Crippen LogP contribution in [0.1, 0.15) is 65.2 Å². The quantitative estimate of drug-likeness (QED) is 0.145. The third-order valence-corrected chi connectivity index (χ3v) is 15.6. The van der Waals surface area contributed by atoms with Gasteiger partial charge >= 0.3 is 0 Å². The van der Waals surface area contributed by atoms with Crippen molar-refractivity contribution in [1.82, 2.24) is 29.9 Å². The summed E-state index contributed by atoms with van der Waals surface area (Å²) < 4.78 is 27.8. The lowest BCUT2D eigenvalue weighted by Crippen LogP contribution is -2.42. The maximum absolute atomic E-state index is 13.9. The summed E-state index contributed by atoms with van der Waals surface area (Å²) in [7, 11) is 0. The highest BCUT2D eigenvalue weighted by Crippen LogP contribution is 2.53. The second kappa shape index (κ2) is 16.7. The molecule has 4 aromatic rings. The van der Waals surface area contributed by atoms with Crippen LogP contribution in [0.5, 0.6) is 0 Å². The monoisotopic (exact) mass is 844 g/mol. The Bertz CT molecular complexity index is 1890. The third-order valence-electron chi connectivity index (χ3n) is 12.4. The van der Waals surface area contributed by atoms with E-state index in [2.05, 4.69) is 53.6 Å². The molecule has 56 heavy (non-hydrogen) atoms. The Kier molecular flexibility index (Phi) is 12.1. The van der Waals surface area contributed by atoms with Crippen molar-refractivity contribution < 1.29 is 8.78 Å². The highest BCUT2D eigenvalue weighted by atomic mass is 35.5. The number of halogens is 4. The first-order chi connectivity index (χ1) is 26.8. The molecule has 18 heteroatoms. The predicted octanol–water partition coefficient (Wildman–Crippen LogP) is 8.39. The summed E-state index contributed by atoms with van der Waals surface area (Å²) in [6.07, 6.45) is 12.1. The van der Waals surface area contributed by atoms with Gasteiger partial charge < -0.3 is 32.7 Å². The molecule has 4 fully saturated rings. The molecule has 0 bridgehead atoms. The number of pyridine rings is 2. The molecule has 2 aliphatic heterocycles. The number of aromatic nitrogens is 6. The molecule has 4 aliphatic rings. The zero-order valence-corrected chi connectivity index (χ0v) is 34.6. The van der Waals surface area contributed by atoms with Gasteiger partial charge in [0.05, 0.1) is 22.4 Å². The van der Waals surface area contributed by atoms with Crippen LogP contribution in [0.25, 0.3) is 0 Å². The molecule has 8 rings (SSSR count). The molecule has 300 valence electrons. The molecule has 0 radical (unpaired) electrons. The number of nitrogens with two attached hydrogens (primary N) is 4. The minimum absolute atomic E-state index is 0.142. The molecule has 8 N–H and O–H groups in total. The van der Waals surface area contributed by atoms with E-state index in [0.29, 0.717) is 69.3 Å². The molecule has 2 saturated carbocycles. The van der Waals surface area contributed by atoms with Crippen LogP contribution in [0, 0.1) is 22.7 Å². The molecular formula is C38H48Cl2F2N12S2. The Balaban J connectivity index is 0.000000172. The average Bonchev–Trinajstić information content (AvgIpc) is 3.61. The summed E-state index contributed by atoms with van der Waals surface area (Å²) >= 11 is 15.0. The minimum Gasteiger partial charge on any atom is -0.382 e. The topological polar surface area (TPSA) is 188 Å². The lowest BCUT2D eigenvalue weighted by molar-refractivity contribution is 0.155. The van der Waals surface area contributed by atoms with E-state index >= 15 is 0 Å². The van der Waals surface area contributed by atoms with Gasteiger partial charge in [0, 0.05) is 48.4 Å². The maximum atomic E-state index is 13.9. The van der Waals surface area contributed by atoms with Crippen LogP contribution in [0.15, 0.2) is 56.8 Å². The largest absolute Gasteiger partial charge is 0.382 e. The fourth-order valence-electron chi connectivity index (χ4n) is 8.95. The summed E-state index contributed by atoms with van der Waals surface area (Å²) in [6, 6.07) is 3.53. The molecule has 2 saturated heterocycles. The number of alkyl halides is 2. The second-order valence-electron chi connectivity index (χ2n) is 15.6. The van der Waals surface area contributed by atoms with Gasteiger partial charge in [-0.15, -0.1) is 0 Å². The van der Waals surface area contributed by atoms with Gasteiger partial charge in [-0.25, -0.2) is 38.7 Å². The summed E-state index contributed by atoms with van der Waals surface area (Å²) in [5.74, 6) is 3.66. The van der Waals surface area contributed by atoms with E-state index in [0.717, 1.165) is 73.3 Å². The summed E-state index contributed by atoms with van der Waals surface area (Å²) in [5, 5.41) is 1.93. The van der Waals surface area contributed by atoms with Gasteiger partial charge in [-0.2, -0.15) is 0 Å². The van der Waals surface area contributed by atoms with Crippen molar-refractivity contribution in [3.63, 3.8) is 0 Å². The van der Waals surface area contributed by atoms with Gasteiger partial charge in [-0.3, -0.25) is 0 Å². The van der Waals surface area contributed by atoms with Crippen LogP contribution in [-0.4, -0.2) is 68.4 Å². The number of nitrogens with zero attached hydrogens (tertiary/aromatic N) is 8. The van der Waals surface area contributed by atoms with Gasteiger partial charge in [-0.1, -0.05) is 60.6 Å². The Hall–Kier alpha value is -3.60. The maximum Gasteiger partial charge on any atom is 0.158 e. The number of hydrogen-bond acceptors (Lipinski definition) is 14. The van der Waals surface area contributed by atoms with Gasteiger partial charge in [0.2, 0.25) is 0 Å². The molecular weight excluding hydrogens is 798 g/mol. The van der Waals surface area contributed by atoms with E-state index in [1.807, 2.05) is 0 Å². The van der Waals surface area contributed by atoms with Gasteiger partial charge in [0.25, 0.3) is 0 Å². The third kappa shape index (κ3) is 8.48. The Morgan fingerprint density at radius 3 is 1.32 bits per heavy atom. The van der Waals surface area contributed by atoms with Crippen LogP contribution < -0.4 is 32.7 Å². The highest BCUT2D eigenvalue weighted by Gasteiger charge is 2.48. The zero-order valence-electron chi connectivity index (χ0n) is 31.5. The summed E-state index contributed by atoms with van der Waals surface area (Å²) in [5.41, 5.74) is 24.1. The molecule has 4 aromatic heterocycles. The molecule has 0 unspecified atom stereocenters. The second-order valence-corrected chi connectivity index (χ2v) is 18.5. The van der Waals surface area contributed by atoms with Crippen molar-refractivity contribution in [3.05, 3.63) is 47.0 Å². The number of hydrogen-bond donors (Lipinski definition) is 4. The molecule has 0 aromatic carbocycles. The van der Waals surface area contributed by atoms with E-state index < -0.39 is 12.3 Å². The molecule has 4 atom stereocenters. The van der Waals surface area contributed by atoms with Crippen molar-refractivity contribution in [2.24, 2.45) is 22.7 Å². The lowest BCUT2D eigenvalue weighted by atomic mass is 9.71. The summed E-state index contributed by atoms with van der Waals surface area (Å²) in [6.45, 7) is 7.79. The number of nitrogen functional groups attached to an aromatic ring is 4. The Morgan fingerprint density at radius 2 is 1.00 bits per heavy atom. The van der Waals surface area contributed by atoms with E-state index in [1.165, 1.54) is 23.5 Å². The van der Waals surface area contributed by atoms with Crippen molar-refractivity contribution in [1.29, 1.82) is 0 Å². The van der Waals surface area contributed by atoms with E-state index in [4.69, 9.17) is 46.1 Å². The minimum atomic E-state index is -0.651. The highest BCUT2D eigenvalue weighted by molar-refractivity contribution is 7.99. The molecule has 2 aliphatic carbocycles. The van der Waals surface area contributed by atoms with Gasteiger partial charge in [-0.05, 0) is 86.2 Å². The van der Waals surface area contributed by atoms with Crippen molar-refractivity contribution in [3.8, 4) is 0 Å². The van der Waals surface area contributed by atoms with Gasteiger partial charge in [0.1, 0.15) is 45.7 Å². The van der Waals surface area contributed by atoms with Crippen LogP contribution in [0.3, 0.4) is 0 Å². The fraction of sp³-hybridized carbons (Fsp3) is 0.526. The molecule has 12 nitrogen and oxygen atoms in total. The Labute approximate surface area is 344 Å². The van der Waals surface area contributed by atoms with Crippen LogP contribution in [0.2, 0.25) is 10.0 Å². The van der Waals surface area contributed by atoms with E-state index in [1.54, 1.807) is 36.9 Å². The first-order valence-electron chi connectivity index (χ1n) is 18.9. The average molecular weight is 846 g/mol.